The third-order valence-corrected chi connectivity index (χ3v) is 3.15. The lowest BCUT2D eigenvalue weighted by atomic mass is 10.0. The number of benzene rings is 1. The Kier molecular flexibility index (Phi) is 4.47. The lowest BCUT2D eigenvalue weighted by Crippen LogP contribution is -2.36. The Labute approximate surface area is 119 Å². The van der Waals surface area contributed by atoms with Gasteiger partial charge < -0.3 is 10.4 Å². The first-order valence-electron chi connectivity index (χ1n) is 6.77. The zero-order chi connectivity index (χ0) is 14.6. The fraction of sp³-hybridized carbons (Fsp3) is 0.375. The summed E-state index contributed by atoms with van der Waals surface area (Å²) < 4.78 is 0. The zero-order valence-electron chi connectivity index (χ0n) is 12.2. The van der Waals surface area contributed by atoms with Crippen LogP contribution >= 0.6 is 0 Å². The molecule has 0 aliphatic rings. The standard InChI is InChI=1S/C16H21N3O/c1-12(19-10-16(2,3)20)13-4-6-14(7-5-13)15-8-17-11-18-9-15/h4-9,11-12,19-20H,10H2,1-3H3. The van der Waals surface area contributed by atoms with Crippen LogP contribution in [-0.2, 0) is 0 Å². The van der Waals surface area contributed by atoms with Gasteiger partial charge >= 0.3 is 0 Å². The van der Waals surface area contributed by atoms with Gasteiger partial charge in [-0.05, 0) is 31.9 Å². The second-order valence-electron chi connectivity index (χ2n) is 5.66. The number of rotatable bonds is 5. The number of nitrogens with zero attached hydrogens (tertiary/aromatic N) is 2. The van der Waals surface area contributed by atoms with Crippen LogP contribution in [0.1, 0.15) is 32.4 Å². The van der Waals surface area contributed by atoms with Crippen molar-refractivity contribution in [1.82, 2.24) is 15.3 Å². The summed E-state index contributed by atoms with van der Waals surface area (Å²) in [6.45, 7) is 6.24. The Morgan fingerprint density at radius 1 is 1.10 bits per heavy atom. The van der Waals surface area contributed by atoms with Gasteiger partial charge in [0.1, 0.15) is 6.33 Å². The fourth-order valence-corrected chi connectivity index (χ4v) is 1.93. The highest BCUT2D eigenvalue weighted by molar-refractivity contribution is 5.61. The van der Waals surface area contributed by atoms with Crippen molar-refractivity contribution < 1.29 is 5.11 Å². The van der Waals surface area contributed by atoms with Gasteiger partial charge in [0, 0.05) is 30.5 Å². The van der Waals surface area contributed by atoms with Crippen molar-refractivity contribution in [3.63, 3.8) is 0 Å². The molecule has 2 N–H and O–H groups in total. The molecular formula is C16H21N3O. The van der Waals surface area contributed by atoms with Gasteiger partial charge in [-0.15, -0.1) is 0 Å². The fourth-order valence-electron chi connectivity index (χ4n) is 1.93. The maximum atomic E-state index is 9.73. The normalized spacial score (nSPS) is 13.2. The van der Waals surface area contributed by atoms with Crippen LogP contribution in [0.3, 0.4) is 0 Å². The molecule has 0 saturated heterocycles. The van der Waals surface area contributed by atoms with Crippen LogP contribution in [0.5, 0.6) is 0 Å². The summed E-state index contributed by atoms with van der Waals surface area (Å²) in [7, 11) is 0. The van der Waals surface area contributed by atoms with Gasteiger partial charge in [0.15, 0.2) is 0 Å². The van der Waals surface area contributed by atoms with Crippen molar-refractivity contribution in [3.05, 3.63) is 48.5 Å². The van der Waals surface area contributed by atoms with Crippen LogP contribution in [0, 0.1) is 0 Å². The maximum Gasteiger partial charge on any atom is 0.115 e. The summed E-state index contributed by atoms with van der Waals surface area (Å²) in [6.07, 6.45) is 5.14. The predicted octanol–water partition coefficient (Wildman–Crippen LogP) is 2.57. The van der Waals surface area contributed by atoms with E-state index >= 15 is 0 Å². The minimum absolute atomic E-state index is 0.197. The summed E-state index contributed by atoms with van der Waals surface area (Å²) in [5, 5.41) is 13.1. The third kappa shape index (κ3) is 4.11. The minimum Gasteiger partial charge on any atom is -0.389 e. The monoisotopic (exact) mass is 271 g/mol. The number of hydrogen-bond acceptors (Lipinski definition) is 4. The van der Waals surface area contributed by atoms with Crippen LogP contribution in [0.15, 0.2) is 43.0 Å². The molecule has 1 aromatic carbocycles. The Morgan fingerprint density at radius 3 is 2.25 bits per heavy atom. The first-order chi connectivity index (χ1) is 9.46. The second-order valence-corrected chi connectivity index (χ2v) is 5.66. The lowest BCUT2D eigenvalue weighted by Gasteiger charge is -2.22. The number of aliphatic hydroxyl groups is 1. The highest BCUT2D eigenvalue weighted by Gasteiger charge is 2.14. The summed E-state index contributed by atoms with van der Waals surface area (Å²) in [5.74, 6) is 0. The summed E-state index contributed by atoms with van der Waals surface area (Å²) in [5.41, 5.74) is 2.60. The molecule has 0 saturated carbocycles. The van der Waals surface area contributed by atoms with Gasteiger partial charge in [0.2, 0.25) is 0 Å². The molecule has 0 fully saturated rings. The summed E-state index contributed by atoms with van der Waals surface area (Å²) in [4.78, 5) is 8.05. The molecule has 1 heterocycles. The van der Waals surface area contributed by atoms with Crippen LogP contribution in [0.25, 0.3) is 11.1 Å². The average molecular weight is 271 g/mol. The lowest BCUT2D eigenvalue weighted by molar-refractivity contribution is 0.0770. The molecule has 1 atom stereocenters. The van der Waals surface area contributed by atoms with E-state index < -0.39 is 5.60 Å². The minimum atomic E-state index is -0.699. The summed E-state index contributed by atoms with van der Waals surface area (Å²) in [6, 6.07) is 8.50. The van der Waals surface area contributed by atoms with Crippen LogP contribution in [0.4, 0.5) is 0 Å². The van der Waals surface area contributed by atoms with Gasteiger partial charge in [-0.3, -0.25) is 0 Å². The van der Waals surface area contributed by atoms with E-state index in [0.29, 0.717) is 6.54 Å². The van der Waals surface area contributed by atoms with Gasteiger partial charge in [0.05, 0.1) is 5.60 Å². The molecule has 4 heteroatoms. The molecule has 0 bridgehead atoms. The molecule has 0 radical (unpaired) electrons. The highest BCUT2D eigenvalue weighted by Crippen LogP contribution is 2.20. The van der Waals surface area contributed by atoms with E-state index in [2.05, 4.69) is 46.5 Å². The SMILES string of the molecule is CC(NCC(C)(C)O)c1ccc(-c2cncnc2)cc1. The molecule has 0 aliphatic carbocycles. The predicted molar refractivity (Wildman–Crippen MR) is 80.2 cm³/mol. The molecule has 2 aromatic rings. The molecule has 1 unspecified atom stereocenters. The van der Waals surface area contributed by atoms with Crippen LogP contribution in [-0.4, -0.2) is 27.2 Å². The van der Waals surface area contributed by atoms with Crippen molar-refractivity contribution >= 4 is 0 Å². The van der Waals surface area contributed by atoms with Gasteiger partial charge in [-0.2, -0.15) is 0 Å². The van der Waals surface area contributed by atoms with Gasteiger partial charge in [-0.25, -0.2) is 9.97 Å². The maximum absolute atomic E-state index is 9.73. The summed E-state index contributed by atoms with van der Waals surface area (Å²) >= 11 is 0. The van der Waals surface area contributed by atoms with E-state index in [-0.39, 0.29) is 6.04 Å². The van der Waals surface area contributed by atoms with Crippen molar-refractivity contribution in [3.8, 4) is 11.1 Å². The number of aromatic nitrogens is 2. The molecule has 4 nitrogen and oxygen atoms in total. The van der Waals surface area contributed by atoms with E-state index in [9.17, 15) is 5.11 Å². The quantitative estimate of drug-likeness (QED) is 0.877. The molecule has 0 spiro atoms. The zero-order valence-corrected chi connectivity index (χ0v) is 12.2. The van der Waals surface area contributed by atoms with E-state index in [1.54, 1.807) is 26.2 Å². The van der Waals surface area contributed by atoms with Crippen molar-refractivity contribution in [2.45, 2.75) is 32.4 Å². The van der Waals surface area contributed by atoms with Gasteiger partial charge in [0.25, 0.3) is 0 Å². The van der Waals surface area contributed by atoms with Crippen LogP contribution < -0.4 is 5.32 Å². The van der Waals surface area contributed by atoms with E-state index in [0.717, 1.165) is 11.1 Å². The Hall–Kier alpha value is -1.78. The van der Waals surface area contributed by atoms with E-state index in [1.807, 2.05) is 0 Å². The van der Waals surface area contributed by atoms with Crippen molar-refractivity contribution in [1.29, 1.82) is 0 Å². The van der Waals surface area contributed by atoms with Crippen LogP contribution in [0.2, 0.25) is 0 Å². The molecule has 1 aromatic heterocycles. The topological polar surface area (TPSA) is 58.0 Å². The molecule has 0 amide bonds. The Bertz CT molecular complexity index is 532. The first kappa shape index (κ1) is 14.6. The van der Waals surface area contributed by atoms with Gasteiger partial charge in [-0.1, -0.05) is 24.3 Å². The smallest absolute Gasteiger partial charge is 0.115 e. The molecule has 106 valence electrons. The number of nitrogens with one attached hydrogen (secondary N) is 1. The third-order valence-electron chi connectivity index (χ3n) is 3.15. The molecule has 0 aliphatic heterocycles. The second kappa shape index (κ2) is 6.11. The van der Waals surface area contributed by atoms with E-state index in [4.69, 9.17) is 0 Å². The largest absolute Gasteiger partial charge is 0.389 e. The molecule has 20 heavy (non-hydrogen) atoms. The average Bonchev–Trinajstić information content (AvgIpc) is 2.45. The van der Waals surface area contributed by atoms with Crippen molar-refractivity contribution in [2.75, 3.05) is 6.54 Å². The Morgan fingerprint density at radius 2 is 1.70 bits per heavy atom. The highest BCUT2D eigenvalue weighted by atomic mass is 16.3. The van der Waals surface area contributed by atoms with Crippen molar-refractivity contribution in [2.24, 2.45) is 0 Å². The molecular weight excluding hydrogens is 250 g/mol. The first-order valence-corrected chi connectivity index (χ1v) is 6.77. The molecule has 2 rings (SSSR count). The Balaban J connectivity index is 2.05. The number of hydrogen-bond donors (Lipinski definition) is 2. The van der Waals surface area contributed by atoms with E-state index in [1.165, 1.54) is 11.9 Å².